The lowest BCUT2D eigenvalue weighted by Crippen LogP contribution is -2.11. The van der Waals surface area contributed by atoms with Gasteiger partial charge in [-0.2, -0.15) is 0 Å². The smallest absolute Gasteiger partial charge is 0.232 e. The molecule has 0 amide bonds. The standard InChI is InChI=1S/C18H14N5/c1-2-10-20-17(8-1)14-5-3-7-16(11-14)23-13-18(21-22-23)15-6-4-9-19-12-15/h1-12H,13H2/q+1. The Bertz CT molecular complexity index is 886. The van der Waals surface area contributed by atoms with Gasteiger partial charge in [-0.3, -0.25) is 9.97 Å². The molecular weight excluding hydrogens is 286 g/mol. The van der Waals surface area contributed by atoms with Crippen LogP contribution in [-0.2, 0) is 0 Å². The van der Waals surface area contributed by atoms with Crippen molar-refractivity contribution in [3.05, 3.63) is 78.8 Å². The molecule has 0 unspecified atom stereocenters. The van der Waals surface area contributed by atoms with E-state index in [-0.39, 0.29) is 0 Å². The molecule has 1 aromatic carbocycles. The molecule has 23 heavy (non-hydrogen) atoms. The topological polar surface area (TPSA) is 53.5 Å². The second kappa shape index (κ2) is 5.88. The monoisotopic (exact) mass is 300 g/mol. The molecule has 0 bridgehead atoms. The highest BCUT2D eigenvalue weighted by Crippen LogP contribution is 2.24. The zero-order valence-corrected chi connectivity index (χ0v) is 12.4. The first-order chi connectivity index (χ1) is 11.4. The lowest BCUT2D eigenvalue weighted by Gasteiger charge is -2.03. The van der Waals surface area contributed by atoms with Crippen molar-refractivity contribution in [2.24, 2.45) is 10.3 Å². The number of pyridine rings is 2. The Balaban J connectivity index is 1.59. The summed E-state index contributed by atoms with van der Waals surface area (Å²) >= 11 is 0. The normalized spacial score (nSPS) is 13.6. The Labute approximate surface area is 133 Å². The first-order valence-corrected chi connectivity index (χ1v) is 7.37. The van der Waals surface area contributed by atoms with Crippen LogP contribution in [0.2, 0.25) is 0 Å². The summed E-state index contributed by atoms with van der Waals surface area (Å²) in [5.41, 5.74) is 4.92. The van der Waals surface area contributed by atoms with Crippen LogP contribution >= 0.6 is 0 Å². The van der Waals surface area contributed by atoms with E-state index in [1.165, 1.54) is 0 Å². The fourth-order valence-electron chi connectivity index (χ4n) is 2.50. The zero-order valence-electron chi connectivity index (χ0n) is 12.4. The van der Waals surface area contributed by atoms with Crippen molar-refractivity contribution >= 4 is 11.4 Å². The van der Waals surface area contributed by atoms with Crippen LogP contribution in [0.15, 0.2) is 83.5 Å². The van der Waals surface area contributed by atoms with Crippen LogP contribution in [-0.4, -0.2) is 26.9 Å². The summed E-state index contributed by atoms with van der Waals surface area (Å²) in [4.78, 5) is 8.52. The molecule has 3 aromatic rings. The van der Waals surface area contributed by atoms with Crippen LogP contribution in [0, 0.1) is 0 Å². The van der Waals surface area contributed by atoms with Crippen LogP contribution in [0.4, 0.5) is 5.69 Å². The van der Waals surface area contributed by atoms with E-state index in [9.17, 15) is 0 Å². The van der Waals surface area contributed by atoms with Crippen LogP contribution in [0.3, 0.4) is 0 Å². The SMILES string of the molecule is c1ccc(-c2cccc([N+]3=NN=C(c4cccnc4)C3)c2)nc1. The van der Waals surface area contributed by atoms with Gasteiger partial charge >= 0.3 is 0 Å². The molecule has 110 valence electrons. The van der Waals surface area contributed by atoms with Gasteiger partial charge in [0, 0.05) is 29.7 Å². The Morgan fingerprint density at radius 3 is 2.65 bits per heavy atom. The van der Waals surface area contributed by atoms with E-state index in [1.54, 1.807) is 12.4 Å². The Morgan fingerprint density at radius 2 is 1.83 bits per heavy atom. The van der Waals surface area contributed by atoms with Crippen LogP contribution in [0.25, 0.3) is 11.3 Å². The number of aromatic nitrogens is 2. The maximum atomic E-state index is 4.39. The third-order valence-electron chi connectivity index (χ3n) is 3.67. The molecule has 0 saturated heterocycles. The van der Waals surface area contributed by atoms with E-state index < -0.39 is 0 Å². The highest BCUT2D eigenvalue weighted by Gasteiger charge is 2.23. The Hall–Kier alpha value is -3.21. The molecule has 0 atom stereocenters. The van der Waals surface area contributed by atoms with Gasteiger partial charge in [-0.25, -0.2) is 0 Å². The van der Waals surface area contributed by atoms with Crippen molar-refractivity contribution in [3.63, 3.8) is 0 Å². The van der Waals surface area contributed by atoms with Gasteiger partial charge in [0.1, 0.15) is 5.22 Å². The van der Waals surface area contributed by atoms with Crippen molar-refractivity contribution in [1.29, 1.82) is 0 Å². The van der Waals surface area contributed by atoms with Crippen molar-refractivity contribution in [2.45, 2.75) is 0 Å². The van der Waals surface area contributed by atoms with E-state index in [0.717, 1.165) is 28.2 Å². The lowest BCUT2D eigenvalue weighted by atomic mass is 10.1. The summed E-state index contributed by atoms with van der Waals surface area (Å²) in [6, 6.07) is 18.0. The maximum absolute atomic E-state index is 4.39. The molecule has 0 N–H and O–H groups in total. The highest BCUT2D eigenvalue weighted by molar-refractivity contribution is 6.01. The van der Waals surface area contributed by atoms with E-state index in [1.807, 2.05) is 59.4 Å². The fourth-order valence-corrected chi connectivity index (χ4v) is 2.50. The summed E-state index contributed by atoms with van der Waals surface area (Å²) in [7, 11) is 0. The minimum Gasteiger partial charge on any atom is -0.264 e. The molecular formula is C18H14N5+. The fraction of sp³-hybridized carbons (Fsp3) is 0.0556. The predicted molar refractivity (Wildman–Crippen MR) is 87.7 cm³/mol. The van der Waals surface area contributed by atoms with Crippen LogP contribution in [0.5, 0.6) is 0 Å². The van der Waals surface area contributed by atoms with Gasteiger partial charge in [-0.05, 0) is 36.4 Å². The minimum absolute atomic E-state index is 0.636. The summed E-state index contributed by atoms with van der Waals surface area (Å²) in [6.07, 6.45) is 5.36. The van der Waals surface area contributed by atoms with Crippen molar-refractivity contribution < 1.29 is 4.70 Å². The third-order valence-corrected chi connectivity index (χ3v) is 3.67. The highest BCUT2D eigenvalue weighted by atomic mass is 15.5. The number of hydrogen-bond acceptors (Lipinski definition) is 4. The van der Waals surface area contributed by atoms with Crippen molar-refractivity contribution in [1.82, 2.24) is 9.97 Å². The molecule has 0 fully saturated rings. The molecule has 4 rings (SSSR count). The van der Waals surface area contributed by atoms with Gasteiger partial charge in [0.05, 0.1) is 10.8 Å². The number of rotatable bonds is 3. The summed E-state index contributed by atoms with van der Waals surface area (Å²) < 4.78 is 1.88. The summed E-state index contributed by atoms with van der Waals surface area (Å²) in [5, 5.41) is 8.55. The first kappa shape index (κ1) is 13.5. The summed E-state index contributed by atoms with van der Waals surface area (Å²) in [6.45, 7) is 0.636. The molecule has 5 heteroatoms. The second-order valence-electron chi connectivity index (χ2n) is 5.20. The largest absolute Gasteiger partial charge is 0.264 e. The van der Waals surface area contributed by atoms with E-state index >= 15 is 0 Å². The molecule has 2 aromatic heterocycles. The van der Waals surface area contributed by atoms with E-state index in [0.29, 0.717) is 6.54 Å². The Morgan fingerprint density at radius 1 is 0.870 bits per heavy atom. The van der Waals surface area contributed by atoms with Crippen LogP contribution in [0.1, 0.15) is 5.56 Å². The van der Waals surface area contributed by atoms with Gasteiger partial charge in [0.2, 0.25) is 5.71 Å². The van der Waals surface area contributed by atoms with Gasteiger partial charge in [-0.15, -0.1) is 4.70 Å². The quantitative estimate of drug-likeness (QED) is 0.693. The molecule has 0 spiro atoms. The first-order valence-electron chi connectivity index (χ1n) is 7.37. The average molecular weight is 300 g/mol. The molecule has 0 aliphatic carbocycles. The van der Waals surface area contributed by atoms with Crippen molar-refractivity contribution in [2.75, 3.05) is 6.54 Å². The summed E-state index contributed by atoms with van der Waals surface area (Å²) in [5.74, 6) is 0. The Kier molecular flexibility index (Phi) is 3.44. The molecule has 0 radical (unpaired) electrons. The van der Waals surface area contributed by atoms with Crippen molar-refractivity contribution in [3.8, 4) is 11.3 Å². The van der Waals surface area contributed by atoms with Gasteiger partial charge in [-0.1, -0.05) is 18.2 Å². The molecule has 3 heterocycles. The number of hydrogen-bond donors (Lipinski definition) is 0. The number of benzene rings is 1. The van der Waals surface area contributed by atoms with E-state index in [4.69, 9.17) is 0 Å². The zero-order chi connectivity index (χ0) is 15.5. The molecule has 1 aliphatic heterocycles. The predicted octanol–water partition coefficient (Wildman–Crippen LogP) is 3.66. The van der Waals surface area contributed by atoms with Gasteiger partial charge < -0.3 is 0 Å². The lowest BCUT2D eigenvalue weighted by molar-refractivity contribution is -0.492. The molecule has 0 saturated carbocycles. The number of nitrogens with zero attached hydrogens (tertiary/aromatic N) is 5. The second-order valence-corrected chi connectivity index (χ2v) is 5.20. The van der Waals surface area contributed by atoms with E-state index in [2.05, 4.69) is 26.4 Å². The van der Waals surface area contributed by atoms with Gasteiger partial charge in [0.25, 0.3) is 0 Å². The van der Waals surface area contributed by atoms with Gasteiger partial charge in [0.15, 0.2) is 12.2 Å². The maximum Gasteiger partial charge on any atom is 0.232 e. The molecule has 1 aliphatic rings. The average Bonchev–Trinajstić information content (AvgIpc) is 3.14. The van der Waals surface area contributed by atoms with Crippen LogP contribution < -0.4 is 0 Å². The molecule has 5 nitrogen and oxygen atoms in total. The third kappa shape index (κ3) is 2.76. The minimum atomic E-state index is 0.636.